The van der Waals surface area contributed by atoms with Crippen LogP contribution in [0.15, 0.2) is 97.7 Å². The summed E-state index contributed by atoms with van der Waals surface area (Å²) in [7, 11) is 0. The molecule has 0 unspecified atom stereocenters. The molecule has 2 aromatic heterocycles. The number of amides is 2. The van der Waals surface area contributed by atoms with Crippen molar-refractivity contribution in [3.63, 3.8) is 0 Å². The summed E-state index contributed by atoms with van der Waals surface area (Å²) in [5.41, 5.74) is 10.2. The zero-order chi connectivity index (χ0) is 24.4. The van der Waals surface area contributed by atoms with E-state index in [2.05, 4.69) is 22.0 Å². The van der Waals surface area contributed by atoms with E-state index >= 15 is 0 Å². The average molecular weight is 463 g/mol. The number of imidazole rings is 1. The Bertz CT molecular complexity index is 1530. The second-order valence-corrected chi connectivity index (χ2v) is 7.74. The van der Waals surface area contributed by atoms with Gasteiger partial charge in [0.1, 0.15) is 17.1 Å². The molecule has 5 rings (SSSR count). The third kappa shape index (κ3) is 4.28. The van der Waals surface area contributed by atoms with E-state index in [0.717, 1.165) is 22.4 Å². The third-order valence-corrected chi connectivity index (χ3v) is 5.47. The number of carbonyl (C=O) groups is 2. The first kappa shape index (κ1) is 21.7. The van der Waals surface area contributed by atoms with Crippen LogP contribution in [0.4, 0.5) is 5.69 Å². The molecule has 4 N–H and O–H groups in total. The van der Waals surface area contributed by atoms with Crippen LogP contribution in [-0.4, -0.2) is 26.4 Å². The molecule has 5 aromatic rings. The predicted molar refractivity (Wildman–Crippen MR) is 134 cm³/mol. The van der Waals surface area contributed by atoms with Gasteiger partial charge in [0, 0.05) is 16.8 Å². The summed E-state index contributed by atoms with van der Waals surface area (Å²) in [5, 5.41) is 7.11. The summed E-state index contributed by atoms with van der Waals surface area (Å²) >= 11 is 0. The van der Waals surface area contributed by atoms with Crippen molar-refractivity contribution < 1.29 is 14.3 Å². The van der Waals surface area contributed by atoms with Gasteiger partial charge in [0.05, 0.1) is 11.9 Å². The molecule has 0 atom stereocenters. The predicted octanol–water partition coefficient (Wildman–Crippen LogP) is 5.01. The first-order valence-electron chi connectivity index (χ1n) is 10.8. The normalized spacial score (nSPS) is 10.7. The van der Waals surface area contributed by atoms with Crippen LogP contribution in [0.3, 0.4) is 0 Å². The molecule has 8 nitrogen and oxygen atoms in total. The maximum Gasteiger partial charge on any atom is 0.269 e. The monoisotopic (exact) mass is 463 g/mol. The lowest BCUT2D eigenvalue weighted by Crippen LogP contribution is -2.15. The van der Waals surface area contributed by atoms with Crippen LogP contribution >= 0.6 is 0 Å². The molecule has 2 heterocycles. The summed E-state index contributed by atoms with van der Waals surface area (Å²) in [6.45, 7) is 3.45. The zero-order valence-electron chi connectivity index (χ0n) is 18.6. The molecular weight excluding hydrogens is 442 g/mol. The van der Waals surface area contributed by atoms with Crippen molar-refractivity contribution in [3.05, 3.63) is 103 Å². The molecule has 35 heavy (non-hydrogen) atoms. The minimum atomic E-state index is -0.604. The number of H-pyrrole nitrogens is 1. The molecule has 0 aliphatic rings. The van der Waals surface area contributed by atoms with Crippen molar-refractivity contribution in [1.82, 2.24) is 14.6 Å². The van der Waals surface area contributed by atoms with Gasteiger partial charge in [-0.2, -0.15) is 5.10 Å². The van der Waals surface area contributed by atoms with Gasteiger partial charge in [-0.3, -0.25) is 9.59 Å². The quantitative estimate of drug-likeness (QED) is 0.294. The Morgan fingerprint density at radius 2 is 1.60 bits per heavy atom. The number of para-hydroxylation sites is 1. The topological polar surface area (TPSA) is 115 Å². The summed E-state index contributed by atoms with van der Waals surface area (Å²) < 4.78 is 7.37. The molecule has 172 valence electrons. The number of aromatic nitrogens is 3. The first-order chi connectivity index (χ1) is 17.0. The number of nitrogens with two attached hydrogens (primary N) is 1. The fraction of sp³-hybridized carbons (Fsp3) is 0. The Morgan fingerprint density at radius 3 is 2.26 bits per heavy atom. The molecule has 0 fully saturated rings. The van der Waals surface area contributed by atoms with Crippen LogP contribution in [0.25, 0.3) is 28.0 Å². The first-order valence-corrected chi connectivity index (χ1v) is 10.8. The number of fused-ring (bicyclic) bond motifs is 1. The van der Waals surface area contributed by atoms with Crippen molar-refractivity contribution in [3.8, 4) is 33.9 Å². The van der Waals surface area contributed by atoms with Gasteiger partial charge < -0.3 is 20.8 Å². The number of ether oxygens (including phenoxy) is 1. The molecule has 0 aliphatic heterocycles. The van der Waals surface area contributed by atoms with Crippen LogP contribution in [0.2, 0.25) is 0 Å². The lowest BCUT2D eigenvalue weighted by molar-refractivity contribution is -0.111. The summed E-state index contributed by atoms with van der Waals surface area (Å²) in [6.07, 6.45) is 2.87. The van der Waals surface area contributed by atoms with Gasteiger partial charge in [0.15, 0.2) is 5.69 Å². The van der Waals surface area contributed by atoms with E-state index in [1.165, 1.54) is 10.6 Å². The van der Waals surface area contributed by atoms with Crippen molar-refractivity contribution in [2.45, 2.75) is 0 Å². The molecule has 0 saturated carbocycles. The van der Waals surface area contributed by atoms with Crippen LogP contribution in [0.1, 0.15) is 10.5 Å². The van der Waals surface area contributed by atoms with Gasteiger partial charge in [0.2, 0.25) is 5.91 Å². The van der Waals surface area contributed by atoms with Crippen molar-refractivity contribution >= 4 is 23.1 Å². The van der Waals surface area contributed by atoms with Gasteiger partial charge in [0.25, 0.3) is 5.91 Å². The van der Waals surface area contributed by atoms with Crippen LogP contribution < -0.4 is 15.8 Å². The van der Waals surface area contributed by atoms with E-state index < -0.39 is 5.91 Å². The van der Waals surface area contributed by atoms with Crippen molar-refractivity contribution in [2.75, 3.05) is 5.32 Å². The number of primary amides is 1. The highest BCUT2D eigenvalue weighted by molar-refractivity contribution is 6.00. The molecule has 0 saturated heterocycles. The van der Waals surface area contributed by atoms with Crippen molar-refractivity contribution in [1.29, 1.82) is 0 Å². The maximum absolute atomic E-state index is 12.4. The lowest BCUT2D eigenvalue weighted by atomic mass is 10.1. The Morgan fingerprint density at radius 1 is 0.943 bits per heavy atom. The molecule has 0 spiro atoms. The highest BCUT2D eigenvalue weighted by atomic mass is 16.5. The Hall–Kier alpha value is -5.11. The molecule has 0 bridgehead atoms. The molecule has 2 amide bonds. The Balaban J connectivity index is 1.49. The Labute approximate surface area is 200 Å². The van der Waals surface area contributed by atoms with Gasteiger partial charge in [-0.1, -0.05) is 36.9 Å². The molecule has 8 heteroatoms. The molecule has 3 aromatic carbocycles. The number of nitrogens with one attached hydrogen (secondary N) is 2. The summed E-state index contributed by atoms with van der Waals surface area (Å²) in [4.78, 5) is 27.2. The SMILES string of the molecule is C=CC(=O)Nc1ccc(-c2cnn3c(C(N)=O)c(-c4ccc(Oc5ccccc5)cc4)[nH]c23)cc1. The number of rotatable bonds is 7. The zero-order valence-corrected chi connectivity index (χ0v) is 18.6. The number of hydrogen-bond acceptors (Lipinski definition) is 4. The van der Waals surface area contributed by atoms with Gasteiger partial charge >= 0.3 is 0 Å². The summed E-state index contributed by atoms with van der Waals surface area (Å²) in [5.74, 6) is 0.510. The third-order valence-electron chi connectivity index (χ3n) is 5.47. The second-order valence-electron chi connectivity index (χ2n) is 7.74. The number of hydrogen-bond donors (Lipinski definition) is 3. The summed E-state index contributed by atoms with van der Waals surface area (Å²) in [6, 6.07) is 24.1. The maximum atomic E-state index is 12.4. The minimum Gasteiger partial charge on any atom is -0.457 e. The highest BCUT2D eigenvalue weighted by Crippen LogP contribution is 2.32. The van der Waals surface area contributed by atoms with E-state index in [1.807, 2.05) is 66.7 Å². The fourth-order valence-electron chi connectivity index (χ4n) is 3.81. The standard InChI is InChI=1S/C27H21N5O3/c1-2-23(33)30-19-12-8-17(9-13-19)22-16-29-32-25(26(28)34)24(31-27(22)32)18-10-14-21(15-11-18)35-20-6-4-3-5-7-20/h2-16,31H,1H2,(H2,28,34)(H,30,33). The molecule has 0 radical (unpaired) electrons. The number of carbonyl (C=O) groups excluding carboxylic acids is 2. The lowest BCUT2D eigenvalue weighted by Gasteiger charge is -2.07. The number of benzene rings is 3. The Kier molecular flexibility index (Phi) is 5.60. The van der Waals surface area contributed by atoms with Crippen molar-refractivity contribution in [2.24, 2.45) is 5.73 Å². The average Bonchev–Trinajstić information content (AvgIpc) is 3.45. The number of aromatic amines is 1. The van der Waals surface area contributed by atoms with E-state index in [4.69, 9.17) is 10.5 Å². The highest BCUT2D eigenvalue weighted by Gasteiger charge is 2.21. The largest absolute Gasteiger partial charge is 0.457 e. The van der Waals surface area contributed by atoms with Gasteiger partial charge in [-0.25, -0.2) is 4.52 Å². The number of anilines is 1. The second kappa shape index (κ2) is 9.03. The number of nitrogens with zero attached hydrogens (tertiary/aromatic N) is 2. The van der Waals surface area contributed by atoms with Crippen LogP contribution in [-0.2, 0) is 4.79 Å². The smallest absolute Gasteiger partial charge is 0.269 e. The van der Waals surface area contributed by atoms with E-state index in [1.54, 1.807) is 18.3 Å². The fourth-order valence-corrected chi connectivity index (χ4v) is 3.81. The van der Waals surface area contributed by atoms with E-state index in [9.17, 15) is 9.59 Å². The van der Waals surface area contributed by atoms with Gasteiger partial charge in [-0.15, -0.1) is 0 Å². The van der Waals surface area contributed by atoms with Crippen LogP contribution in [0.5, 0.6) is 11.5 Å². The van der Waals surface area contributed by atoms with Gasteiger partial charge in [-0.05, 0) is 60.2 Å². The minimum absolute atomic E-state index is 0.248. The van der Waals surface area contributed by atoms with E-state index in [-0.39, 0.29) is 11.6 Å². The van der Waals surface area contributed by atoms with Crippen LogP contribution in [0, 0.1) is 0 Å². The van der Waals surface area contributed by atoms with E-state index in [0.29, 0.717) is 22.8 Å². The molecule has 0 aliphatic carbocycles. The molecular formula is C27H21N5O3.